The third-order valence-electron chi connectivity index (χ3n) is 6.37. The summed E-state index contributed by atoms with van der Waals surface area (Å²) in [6.07, 6.45) is 1.72. The van der Waals surface area contributed by atoms with Crippen LogP contribution in [0, 0.1) is 5.92 Å². The number of halogens is 2. The second-order valence-electron chi connectivity index (χ2n) is 8.61. The van der Waals surface area contributed by atoms with E-state index in [1.165, 1.54) is 5.69 Å². The standard InChI is InChI=1S/C24H30Cl2N4O/c1-28-12-14-30(15-13-28)22-6-4-21(5-7-22)27-24(31)18-8-10-29(11-9-18)17-19-2-3-20(25)16-23(19)26/h2-7,16,18H,8-15,17H2,1H3,(H,27,31). The summed E-state index contributed by atoms with van der Waals surface area (Å²) in [4.78, 5) is 19.9. The highest BCUT2D eigenvalue weighted by Crippen LogP contribution is 2.26. The van der Waals surface area contributed by atoms with Crippen LogP contribution in [0.2, 0.25) is 10.0 Å². The Balaban J connectivity index is 1.25. The minimum absolute atomic E-state index is 0.0502. The van der Waals surface area contributed by atoms with Gasteiger partial charge in [0.25, 0.3) is 0 Å². The number of likely N-dealkylation sites (N-methyl/N-ethyl adjacent to an activating group) is 1. The van der Waals surface area contributed by atoms with Gasteiger partial charge in [0.1, 0.15) is 0 Å². The molecule has 0 bridgehead atoms. The monoisotopic (exact) mass is 460 g/mol. The number of rotatable bonds is 5. The number of carbonyl (C=O) groups excluding carboxylic acids is 1. The number of piperidine rings is 1. The summed E-state index contributed by atoms with van der Waals surface area (Å²) in [6.45, 7) is 6.82. The predicted octanol–water partition coefficient (Wildman–Crippen LogP) is 4.60. The summed E-state index contributed by atoms with van der Waals surface area (Å²) in [5, 5.41) is 4.46. The normalized spacial score (nSPS) is 18.9. The van der Waals surface area contributed by atoms with E-state index >= 15 is 0 Å². The van der Waals surface area contributed by atoms with E-state index in [1.807, 2.05) is 24.3 Å². The highest BCUT2D eigenvalue weighted by Gasteiger charge is 2.25. The molecule has 31 heavy (non-hydrogen) atoms. The lowest BCUT2D eigenvalue weighted by molar-refractivity contribution is -0.121. The van der Waals surface area contributed by atoms with Crippen molar-refractivity contribution in [2.75, 3.05) is 56.5 Å². The quantitative estimate of drug-likeness (QED) is 0.707. The molecule has 0 saturated carbocycles. The van der Waals surface area contributed by atoms with Crippen molar-refractivity contribution < 1.29 is 4.79 Å². The molecule has 1 amide bonds. The van der Waals surface area contributed by atoms with Gasteiger partial charge in [0, 0.05) is 60.1 Å². The van der Waals surface area contributed by atoms with Crippen LogP contribution in [-0.2, 0) is 11.3 Å². The lowest BCUT2D eigenvalue weighted by Crippen LogP contribution is -2.44. The topological polar surface area (TPSA) is 38.8 Å². The van der Waals surface area contributed by atoms with Crippen molar-refractivity contribution in [2.24, 2.45) is 5.92 Å². The first-order valence-electron chi connectivity index (χ1n) is 11.0. The second-order valence-corrected chi connectivity index (χ2v) is 9.46. The molecular formula is C24H30Cl2N4O. The fourth-order valence-electron chi connectivity index (χ4n) is 4.31. The summed E-state index contributed by atoms with van der Waals surface area (Å²) >= 11 is 12.3. The molecule has 0 unspecified atom stereocenters. The first-order valence-corrected chi connectivity index (χ1v) is 11.7. The van der Waals surface area contributed by atoms with Gasteiger partial charge >= 0.3 is 0 Å². The number of piperazine rings is 1. The van der Waals surface area contributed by atoms with E-state index in [-0.39, 0.29) is 11.8 Å². The zero-order valence-corrected chi connectivity index (χ0v) is 19.5. The fraction of sp³-hybridized carbons (Fsp3) is 0.458. The van der Waals surface area contributed by atoms with Gasteiger partial charge in [-0.1, -0.05) is 29.3 Å². The Kier molecular flexibility index (Phi) is 7.39. The fourth-order valence-corrected chi connectivity index (χ4v) is 4.78. The Morgan fingerprint density at radius 1 is 0.968 bits per heavy atom. The molecule has 0 aliphatic carbocycles. The number of likely N-dealkylation sites (tertiary alicyclic amines) is 1. The predicted molar refractivity (Wildman–Crippen MR) is 129 cm³/mol. The molecule has 4 rings (SSSR count). The summed E-state index contributed by atoms with van der Waals surface area (Å²) in [5.74, 6) is 0.172. The maximum atomic E-state index is 12.8. The van der Waals surface area contributed by atoms with Gasteiger partial charge in [0.2, 0.25) is 5.91 Å². The van der Waals surface area contributed by atoms with Crippen LogP contribution in [0.5, 0.6) is 0 Å². The van der Waals surface area contributed by atoms with Crippen LogP contribution in [0.1, 0.15) is 18.4 Å². The molecule has 2 fully saturated rings. The molecular weight excluding hydrogens is 431 g/mol. The maximum Gasteiger partial charge on any atom is 0.227 e. The summed E-state index contributed by atoms with van der Waals surface area (Å²) in [5.41, 5.74) is 3.17. The average Bonchev–Trinajstić information content (AvgIpc) is 2.77. The van der Waals surface area contributed by atoms with Crippen molar-refractivity contribution in [1.82, 2.24) is 9.80 Å². The Morgan fingerprint density at radius 2 is 1.65 bits per heavy atom. The molecule has 2 heterocycles. The van der Waals surface area contributed by atoms with Crippen LogP contribution in [0.3, 0.4) is 0 Å². The van der Waals surface area contributed by atoms with Gasteiger partial charge in [-0.2, -0.15) is 0 Å². The molecule has 2 aromatic rings. The van der Waals surface area contributed by atoms with Gasteiger partial charge in [0.05, 0.1) is 0 Å². The third kappa shape index (κ3) is 5.92. The summed E-state index contributed by atoms with van der Waals surface area (Å²) in [6, 6.07) is 13.9. The van der Waals surface area contributed by atoms with Crippen molar-refractivity contribution in [3.63, 3.8) is 0 Å². The molecule has 5 nitrogen and oxygen atoms in total. The Hall–Kier alpha value is -1.79. The van der Waals surface area contributed by atoms with Crippen molar-refractivity contribution in [3.8, 4) is 0 Å². The molecule has 0 radical (unpaired) electrons. The minimum atomic E-state index is 0.0502. The van der Waals surface area contributed by atoms with Crippen LogP contribution < -0.4 is 10.2 Å². The van der Waals surface area contributed by atoms with Gasteiger partial charge in [0.15, 0.2) is 0 Å². The highest BCUT2D eigenvalue weighted by molar-refractivity contribution is 6.35. The number of hydrogen-bond acceptors (Lipinski definition) is 4. The smallest absolute Gasteiger partial charge is 0.227 e. The van der Waals surface area contributed by atoms with E-state index in [9.17, 15) is 4.79 Å². The van der Waals surface area contributed by atoms with Crippen LogP contribution in [0.25, 0.3) is 0 Å². The van der Waals surface area contributed by atoms with Crippen LogP contribution in [0.15, 0.2) is 42.5 Å². The van der Waals surface area contributed by atoms with Gasteiger partial charge in [-0.05, 0) is 74.9 Å². The molecule has 0 atom stereocenters. The van der Waals surface area contributed by atoms with Gasteiger partial charge < -0.3 is 15.1 Å². The summed E-state index contributed by atoms with van der Waals surface area (Å²) < 4.78 is 0. The molecule has 2 aromatic carbocycles. The van der Waals surface area contributed by atoms with Crippen LogP contribution in [0.4, 0.5) is 11.4 Å². The van der Waals surface area contributed by atoms with Crippen molar-refractivity contribution in [1.29, 1.82) is 0 Å². The second kappa shape index (κ2) is 10.2. The molecule has 2 aliphatic rings. The number of hydrogen-bond donors (Lipinski definition) is 1. The zero-order valence-electron chi connectivity index (χ0n) is 18.0. The van der Waals surface area contributed by atoms with Crippen LogP contribution >= 0.6 is 23.2 Å². The average molecular weight is 461 g/mol. The van der Waals surface area contributed by atoms with Crippen molar-refractivity contribution >= 4 is 40.5 Å². The van der Waals surface area contributed by atoms with E-state index in [1.54, 1.807) is 6.07 Å². The number of benzene rings is 2. The third-order valence-corrected chi connectivity index (χ3v) is 6.96. The number of carbonyl (C=O) groups is 1. The molecule has 2 aliphatic heterocycles. The van der Waals surface area contributed by atoms with E-state index in [2.05, 4.69) is 39.2 Å². The minimum Gasteiger partial charge on any atom is -0.369 e. The first-order chi connectivity index (χ1) is 15.0. The Labute approximate surface area is 194 Å². The molecule has 0 spiro atoms. The van der Waals surface area contributed by atoms with Crippen LogP contribution in [-0.4, -0.2) is 62.0 Å². The van der Waals surface area contributed by atoms with E-state index in [4.69, 9.17) is 23.2 Å². The number of nitrogens with zero attached hydrogens (tertiary/aromatic N) is 3. The Morgan fingerprint density at radius 3 is 2.29 bits per heavy atom. The van der Waals surface area contributed by atoms with E-state index in [0.717, 1.165) is 69.9 Å². The van der Waals surface area contributed by atoms with E-state index < -0.39 is 0 Å². The number of nitrogens with one attached hydrogen (secondary N) is 1. The summed E-state index contributed by atoms with van der Waals surface area (Å²) in [7, 11) is 2.16. The molecule has 166 valence electrons. The highest BCUT2D eigenvalue weighted by atomic mass is 35.5. The first kappa shape index (κ1) is 22.4. The molecule has 0 aromatic heterocycles. The lowest BCUT2D eigenvalue weighted by Gasteiger charge is -2.34. The maximum absolute atomic E-state index is 12.8. The number of amides is 1. The SMILES string of the molecule is CN1CCN(c2ccc(NC(=O)C3CCN(Cc4ccc(Cl)cc4Cl)CC3)cc2)CC1. The van der Waals surface area contributed by atoms with Crippen molar-refractivity contribution in [2.45, 2.75) is 19.4 Å². The van der Waals surface area contributed by atoms with Crippen molar-refractivity contribution in [3.05, 3.63) is 58.1 Å². The zero-order chi connectivity index (χ0) is 21.8. The van der Waals surface area contributed by atoms with Gasteiger partial charge in [-0.15, -0.1) is 0 Å². The largest absolute Gasteiger partial charge is 0.369 e. The Bertz CT molecular complexity index is 889. The lowest BCUT2D eigenvalue weighted by atomic mass is 9.95. The van der Waals surface area contributed by atoms with Gasteiger partial charge in [-0.25, -0.2) is 0 Å². The number of anilines is 2. The van der Waals surface area contributed by atoms with E-state index in [0.29, 0.717) is 10.0 Å². The molecule has 2 saturated heterocycles. The van der Waals surface area contributed by atoms with Gasteiger partial charge in [-0.3, -0.25) is 9.69 Å². The molecule has 1 N–H and O–H groups in total. The molecule has 7 heteroatoms.